The third-order valence-corrected chi connectivity index (χ3v) is 3.53. The Morgan fingerprint density at radius 2 is 2.24 bits per heavy atom. The normalized spacial score (nSPS) is 20.0. The fourth-order valence-electron chi connectivity index (χ4n) is 2.63. The van der Waals surface area contributed by atoms with Crippen molar-refractivity contribution >= 4 is 5.82 Å². The van der Waals surface area contributed by atoms with Crippen LogP contribution in [0.4, 0.5) is 5.82 Å². The summed E-state index contributed by atoms with van der Waals surface area (Å²) in [5.41, 5.74) is 3.82. The molecule has 2 heterocycles. The van der Waals surface area contributed by atoms with Crippen LogP contribution in [0, 0.1) is 19.8 Å². The molecule has 0 aromatic carbocycles. The van der Waals surface area contributed by atoms with Crippen LogP contribution >= 0.6 is 0 Å². The quantitative estimate of drug-likeness (QED) is 0.868. The van der Waals surface area contributed by atoms with Crippen molar-refractivity contribution in [3.8, 4) is 0 Å². The predicted molar refractivity (Wildman–Crippen MR) is 72.5 cm³/mol. The number of nitrogens with zero attached hydrogens (tertiary/aromatic N) is 2. The highest BCUT2D eigenvalue weighted by Gasteiger charge is 2.22. The van der Waals surface area contributed by atoms with Gasteiger partial charge in [-0.15, -0.1) is 0 Å². The van der Waals surface area contributed by atoms with Crippen molar-refractivity contribution in [2.75, 3.05) is 25.0 Å². The zero-order chi connectivity index (χ0) is 12.4. The van der Waals surface area contributed by atoms with Gasteiger partial charge in [0.1, 0.15) is 5.82 Å². The van der Waals surface area contributed by atoms with Crippen LogP contribution in [0.1, 0.15) is 30.2 Å². The summed E-state index contributed by atoms with van der Waals surface area (Å²) in [6.45, 7) is 9.78. The van der Waals surface area contributed by atoms with Gasteiger partial charge in [0.15, 0.2) is 0 Å². The molecule has 1 saturated heterocycles. The van der Waals surface area contributed by atoms with Crippen LogP contribution in [0.5, 0.6) is 0 Å². The minimum absolute atomic E-state index is 0.792. The fourth-order valence-corrected chi connectivity index (χ4v) is 2.63. The van der Waals surface area contributed by atoms with Crippen LogP contribution in [-0.4, -0.2) is 25.1 Å². The first-order chi connectivity index (χ1) is 8.11. The van der Waals surface area contributed by atoms with E-state index in [9.17, 15) is 0 Å². The molecule has 0 spiro atoms. The lowest BCUT2D eigenvalue weighted by Crippen LogP contribution is -2.24. The molecule has 1 fully saturated rings. The highest BCUT2D eigenvalue weighted by Crippen LogP contribution is 2.27. The Morgan fingerprint density at radius 3 is 2.82 bits per heavy atom. The summed E-state index contributed by atoms with van der Waals surface area (Å²) in [7, 11) is 2.00. The first-order valence-corrected chi connectivity index (χ1v) is 6.48. The molecule has 0 bridgehead atoms. The Bertz CT molecular complexity index is 401. The van der Waals surface area contributed by atoms with Crippen LogP contribution in [0.3, 0.4) is 0 Å². The van der Waals surface area contributed by atoms with E-state index < -0.39 is 0 Å². The Balaban J connectivity index is 2.36. The van der Waals surface area contributed by atoms with Crippen LogP contribution < -0.4 is 10.2 Å². The van der Waals surface area contributed by atoms with Crippen LogP contribution in [-0.2, 0) is 6.54 Å². The van der Waals surface area contributed by atoms with Gasteiger partial charge in [0.05, 0.1) is 0 Å². The lowest BCUT2D eigenvalue weighted by molar-refractivity contribution is 0.658. The molecule has 0 aliphatic carbocycles. The molecule has 3 nitrogen and oxygen atoms in total. The number of hydrogen-bond acceptors (Lipinski definition) is 3. The van der Waals surface area contributed by atoms with E-state index in [-0.39, 0.29) is 0 Å². The van der Waals surface area contributed by atoms with Gasteiger partial charge in [-0.25, -0.2) is 4.98 Å². The predicted octanol–water partition coefficient (Wildman–Crippen LogP) is 2.26. The van der Waals surface area contributed by atoms with E-state index in [1.165, 1.54) is 23.4 Å². The molecule has 17 heavy (non-hydrogen) atoms. The monoisotopic (exact) mass is 233 g/mol. The smallest absolute Gasteiger partial charge is 0.133 e. The molecule has 1 aromatic rings. The zero-order valence-corrected chi connectivity index (χ0v) is 11.4. The van der Waals surface area contributed by atoms with Gasteiger partial charge in [-0.3, -0.25) is 0 Å². The average Bonchev–Trinajstić information content (AvgIpc) is 2.68. The lowest BCUT2D eigenvalue weighted by atomic mass is 10.1. The van der Waals surface area contributed by atoms with E-state index in [1.54, 1.807) is 0 Å². The summed E-state index contributed by atoms with van der Waals surface area (Å²) >= 11 is 0. The molecule has 1 unspecified atom stereocenters. The van der Waals surface area contributed by atoms with Gasteiger partial charge in [-0.1, -0.05) is 6.92 Å². The van der Waals surface area contributed by atoms with Crippen molar-refractivity contribution in [3.63, 3.8) is 0 Å². The summed E-state index contributed by atoms with van der Waals surface area (Å²) in [5, 5.41) is 3.25. The molecule has 1 aromatic heterocycles. The maximum atomic E-state index is 4.75. The maximum Gasteiger partial charge on any atom is 0.133 e. The lowest BCUT2D eigenvalue weighted by Gasteiger charge is -2.22. The molecular formula is C14H23N3. The molecule has 1 aliphatic heterocycles. The molecule has 2 rings (SSSR count). The van der Waals surface area contributed by atoms with Crippen LogP contribution in [0.25, 0.3) is 0 Å². The first-order valence-electron chi connectivity index (χ1n) is 6.48. The van der Waals surface area contributed by atoms with Gasteiger partial charge < -0.3 is 10.2 Å². The van der Waals surface area contributed by atoms with Crippen LogP contribution in [0.15, 0.2) is 6.07 Å². The summed E-state index contributed by atoms with van der Waals surface area (Å²) in [6, 6.07) is 2.18. The van der Waals surface area contributed by atoms with Crippen molar-refractivity contribution < 1.29 is 0 Å². The zero-order valence-electron chi connectivity index (χ0n) is 11.4. The Morgan fingerprint density at radius 1 is 1.47 bits per heavy atom. The highest BCUT2D eigenvalue weighted by molar-refractivity contribution is 5.52. The number of aromatic nitrogens is 1. The average molecular weight is 233 g/mol. The van der Waals surface area contributed by atoms with Crippen molar-refractivity contribution in [1.82, 2.24) is 10.3 Å². The molecule has 3 heteroatoms. The minimum atomic E-state index is 0.792. The highest BCUT2D eigenvalue weighted by atomic mass is 15.2. The van der Waals surface area contributed by atoms with Gasteiger partial charge in [0, 0.05) is 30.9 Å². The Kier molecular flexibility index (Phi) is 3.67. The van der Waals surface area contributed by atoms with E-state index in [2.05, 4.69) is 37.1 Å². The number of hydrogen-bond donors (Lipinski definition) is 1. The van der Waals surface area contributed by atoms with Gasteiger partial charge in [0.2, 0.25) is 0 Å². The third-order valence-electron chi connectivity index (χ3n) is 3.53. The summed E-state index contributed by atoms with van der Waals surface area (Å²) in [5.74, 6) is 1.99. The minimum Gasteiger partial charge on any atom is -0.356 e. The van der Waals surface area contributed by atoms with E-state index in [1.807, 2.05) is 7.05 Å². The van der Waals surface area contributed by atoms with Gasteiger partial charge in [-0.05, 0) is 44.9 Å². The van der Waals surface area contributed by atoms with Crippen molar-refractivity contribution in [2.24, 2.45) is 5.92 Å². The topological polar surface area (TPSA) is 28.2 Å². The first kappa shape index (κ1) is 12.4. The second-order valence-electron chi connectivity index (χ2n) is 5.25. The Labute approximate surface area is 104 Å². The van der Waals surface area contributed by atoms with Crippen molar-refractivity contribution in [3.05, 3.63) is 22.9 Å². The second-order valence-corrected chi connectivity index (χ2v) is 5.25. The maximum absolute atomic E-state index is 4.75. The summed E-state index contributed by atoms with van der Waals surface area (Å²) < 4.78 is 0. The van der Waals surface area contributed by atoms with Gasteiger partial charge in [-0.2, -0.15) is 0 Å². The van der Waals surface area contributed by atoms with Crippen molar-refractivity contribution in [1.29, 1.82) is 0 Å². The number of anilines is 1. The fraction of sp³-hybridized carbons (Fsp3) is 0.643. The van der Waals surface area contributed by atoms with E-state index in [4.69, 9.17) is 4.98 Å². The SMILES string of the molecule is CNCc1c(C)cc(C)nc1N1CCC(C)C1. The molecule has 0 saturated carbocycles. The number of rotatable bonds is 3. The molecule has 1 aliphatic rings. The molecule has 94 valence electrons. The molecule has 1 atom stereocenters. The molecule has 0 amide bonds. The second kappa shape index (κ2) is 5.05. The number of aryl methyl sites for hydroxylation is 2. The van der Waals surface area contributed by atoms with Gasteiger partial charge >= 0.3 is 0 Å². The van der Waals surface area contributed by atoms with Crippen molar-refractivity contribution in [2.45, 2.75) is 33.7 Å². The number of pyridine rings is 1. The standard InChI is InChI=1S/C14H23N3/c1-10-5-6-17(9-10)14-13(8-15-4)11(2)7-12(3)16-14/h7,10,15H,5-6,8-9H2,1-4H3. The number of nitrogens with one attached hydrogen (secondary N) is 1. The third kappa shape index (κ3) is 2.60. The van der Waals surface area contributed by atoms with Gasteiger partial charge in [0.25, 0.3) is 0 Å². The van der Waals surface area contributed by atoms with E-state index >= 15 is 0 Å². The Hall–Kier alpha value is -1.09. The van der Waals surface area contributed by atoms with E-state index in [0.29, 0.717) is 0 Å². The summed E-state index contributed by atoms with van der Waals surface area (Å²) in [6.07, 6.45) is 1.29. The van der Waals surface area contributed by atoms with Crippen LogP contribution in [0.2, 0.25) is 0 Å². The largest absolute Gasteiger partial charge is 0.356 e. The molecular weight excluding hydrogens is 210 g/mol. The summed E-state index contributed by atoms with van der Waals surface area (Å²) in [4.78, 5) is 7.20. The molecule has 1 N–H and O–H groups in total. The van der Waals surface area contributed by atoms with E-state index in [0.717, 1.165) is 31.2 Å². The molecule has 0 radical (unpaired) electrons.